The van der Waals surface area contributed by atoms with Crippen molar-refractivity contribution < 1.29 is 13.9 Å². The molecule has 0 saturated carbocycles. The minimum Gasteiger partial charge on any atom is -0.493 e. The lowest BCUT2D eigenvalue weighted by Gasteiger charge is -2.12. The van der Waals surface area contributed by atoms with Crippen molar-refractivity contribution in [1.82, 2.24) is 4.90 Å². The number of aryl methyl sites for hydroxylation is 1. The molecule has 0 spiro atoms. The minimum atomic E-state index is -0.424. The molecule has 0 aromatic heterocycles. The molecular formula is C25H25FN2O2. The van der Waals surface area contributed by atoms with Crippen LogP contribution in [0.2, 0.25) is 0 Å². The number of anilines is 1. The fraction of sp³-hybridized carbons (Fsp3) is 0.240. The third-order valence-corrected chi connectivity index (χ3v) is 5.31. The summed E-state index contributed by atoms with van der Waals surface area (Å²) in [6, 6.07) is 14.7. The highest BCUT2D eigenvalue weighted by Gasteiger charge is 2.27. The molecule has 0 atom stereocenters. The van der Waals surface area contributed by atoms with Gasteiger partial charge in [-0.3, -0.25) is 4.79 Å². The molecule has 3 aliphatic rings. The SMILES string of the molecule is Cc1cc(/C=C2/C(=O)Nc3c(F)cccc32)c2ccccc(OCCCN(C)C)c1-2. The fourth-order valence-corrected chi connectivity index (χ4v) is 3.90. The highest BCUT2D eigenvalue weighted by Crippen LogP contribution is 2.42. The van der Waals surface area contributed by atoms with Crippen LogP contribution in [0.25, 0.3) is 22.8 Å². The maximum absolute atomic E-state index is 14.1. The number of carbonyl (C=O) groups excluding carboxylic acids is 1. The number of ether oxygens (including phenoxy) is 1. The smallest absolute Gasteiger partial charge is 0.256 e. The summed E-state index contributed by atoms with van der Waals surface area (Å²) in [5, 5.41) is 2.64. The monoisotopic (exact) mass is 404 g/mol. The number of halogens is 1. The lowest BCUT2D eigenvalue weighted by Crippen LogP contribution is -2.15. The second kappa shape index (κ2) is 8.28. The van der Waals surface area contributed by atoms with E-state index in [2.05, 4.69) is 16.3 Å². The van der Waals surface area contributed by atoms with E-state index in [0.717, 1.165) is 41.0 Å². The number of para-hydroxylation sites is 1. The van der Waals surface area contributed by atoms with Gasteiger partial charge in [-0.05, 0) is 62.3 Å². The van der Waals surface area contributed by atoms with E-state index in [0.29, 0.717) is 17.7 Å². The predicted octanol–water partition coefficient (Wildman–Crippen LogP) is 5.06. The van der Waals surface area contributed by atoms with Gasteiger partial charge >= 0.3 is 0 Å². The number of carbonyl (C=O) groups is 1. The van der Waals surface area contributed by atoms with Crippen LogP contribution in [0.3, 0.4) is 0 Å². The van der Waals surface area contributed by atoms with Gasteiger partial charge in [0, 0.05) is 23.2 Å². The molecule has 0 saturated heterocycles. The van der Waals surface area contributed by atoms with Crippen LogP contribution in [0.15, 0.2) is 48.5 Å². The van der Waals surface area contributed by atoms with Crippen LogP contribution in [0, 0.1) is 12.7 Å². The first-order chi connectivity index (χ1) is 14.5. The Labute approximate surface area is 176 Å². The van der Waals surface area contributed by atoms with E-state index in [-0.39, 0.29) is 11.6 Å². The Hall–Kier alpha value is -3.18. The van der Waals surface area contributed by atoms with Crippen LogP contribution in [-0.4, -0.2) is 38.1 Å². The molecule has 1 aliphatic heterocycles. The molecule has 2 aliphatic carbocycles. The van der Waals surface area contributed by atoms with E-state index < -0.39 is 5.82 Å². The average molecular weight is 404 g/mol. The van der Waals surface area contributed by atoms with Gasteiger partial charge in [-0.2, -0.15) is 0 Å². The quantitative estimate of drug-likeness (QED) is 0.461. The summed E-state index contributed by atoms with van der Waals surface area (Å²) in [7, 11) is 4.09. The molecule has 30 heavy (non-hydrogen) atoms. The summed E-state index contributed by atoms with van der Waals surface area (Å²) in [4.78, 5) is 14.6. The van der Waals surface area contributed by atoms with Crippen molar-refractivity contribution in [1.29, 1.82) is 0 Å². The number of hydrogen-bond acceptors (Lipinski definition) is 3. The Bertz CT molecular complexity index is 1100. The van der Waals surface area contributed by atoms with Gasteiger partial charge < -0.3 is 15.0 Å². The van der Waals surface area contributed by atoms with Crippen LogP contribution in [0.5, 0.6) is 5.75 Å². The molecule has 1 aromatic carbocycles. The highest BCUT2D eigenvalue weighted by atomic mass is 19.1. The zero-order valence-corrected chi connectivity index (χ0v) is 17.5. The molecule has 1 amide bonds. The summed E-state index contributed by atoms with van der Waals surface area (Å²) in [6.07, 6.45) is 2.78. The summed E-state index contributed by atoms with van der Waals surface area (Å²) < 4.78 is 20.2. The van der Waals surface area contributed by atoms with Gasteiger partial charge in [0.1, 0.15) is 11.6 Å². The number of hydrogen-bond donors (Lipinski definition) is 1. The first kappa shape index (κ1) is 20.1. The molecule has 4 rings (SSSR count). The Kier molecular flexibility index (Phi) is 5.55. The fourth-order valence-electron chi connectivity index (χ4n) is 3.90. The molecule has 1 aromatic rings. The van der Waals surface area contributed by atoms with Gasteiger partial charge in [-0.1, -0.05) is 36.4 Å². The zero-order valence-electron chi connectivity index (χ0n) is 17.5. The number of benzene rings is 1. The molecule has 0 fully saturated rings. The molecular weight excluding hydrogens is 379 g/mol. The first-order valence-corrected chi connectivity index (χ1v) is 10.1. The Morgan fingerprint density at radius 1 is 1.10 bits per heavy atom. The van der Waals surface area contributed by atoms with Gasteiger partial charge in [-0.15, -0.1) is 0 Å². The molecule has 5 heteroatoms. The topological polar surface area (TPSA) is 41.6 Å². The second-order valence-electron chi connectivity index (χ2n) is 7.83. The maximum atomic E-state index is 14.1. The average Bonchev–Trinajstić information content (AvgIpc) is 3.08. The van der Waals surface area contributed by atoms with Gasteiger partial charge in [0.25, 0.3) is 5.91 Å². The van der Waals surface area contributed by atoms with Crippen molar-refractivity contribution in [2.24, 2.45) is 0 Å². The largest absolute Gasteiger partial charge is 0.493 e. The standard InChI is InChI=1S/C25H25FN2O2/c1-16-14-17(15-20-19-9-6-10-21(26)24(19)27-25(20)29)18-8-4-5-11-22(23(16)18)30-13-7-12-28(2)3/h4-6,8-11,14-15H,7,12-13H2,1-3H3,(H,27,29)/b20-15+. The Morgan fingerprint density at radius 3 is 2.67 bits per heavy atom. The Morgan fingerprint density at radius 2 is 1.87 bits per heavy atom. The van der Waals surface area contributed by atoms with Gasteiger partial charge in [0.15, 0.2) is 0 Å². The molecule has 4 nitrogen and oxygen atoms in total. The summed E-state index contributed by atoms with van der Waals surface area (Å²) in [5.41, 5.74) is 5.34. The first-order valence-electron chi connectivity index (χ1n) is 10.1. The molecule has 0 radical (unpaired) electrons. The van der Waals surface area contributed by atoms with E-state index in [1.54, 1.807) is 12.1 Å². The van der Waals surface area contributed by atoms with E-state index in [9.17, 15) is 9.18 Å². The van der Waals surface area contributed by atoms with E-state index in [1.165, 1.54) is 6.07 Å². The van der Waals surface area contributed by atoms with Gasteiger partial charge in [-0.25, -0.2) is 4.39 Å². The number of fused-ring (bicyclic) bond motifs is 2. The van der Waals surface area contributed by atoms with E-state index in [4.69, 9.17) is 4.74 Å². The normalized spacial score (nSPS) is 14.4. The number of nitrogens with zero attached hydrogens (tertiary/aromatic N) is 1. The highest BCUT2D eigenvalue weighted by molar-refractivity contribution is 6.35. The van der Waals surface area contributed by atoms with Crippen LogP contribution >= 0.6 is 0 Å². The van der Waals surface area contributed by atoms with Crippen molar-refractivity contribution in [3.8, 4) is 16.9 Å². The van der Waals surface area contributed by atoms with Crippen molar-refractivity contribution in [2.45, 2.75) is 13.3 Å². The zero-order chi connectivity index (χ0) is 21.3. The van der Waals surface area contributed by atoms with E-state index in [1.807, 2.05) is 51.4 Å². The number of amides is 1. The van der Waals surface area contributed by atoms with Gasteiger partial charge in [0.2, 0.25) is 0 Å². The second-order valence-corrected chi connectivity index (χ2v) is 7.83. The van der Waals surface area contributed by atoms with Crippen LogP contribution in [0.1, 0.15) is 23.1 Å². The predicted molar refractivity (Wildman–Crippen MR) is 119 cm³/mol. The summed E-state index contributed by atoms with van der Waals surface area (Å²) >= 11 is 0. The Balaban J connectivity index is 1.70. The minimum absolute atomic E-state index is 0.247. The van der Waals surface area contributed by atoms with Crippen LogP contribution < -0.4 is 10.1 Å². The van der Waals surface area contributed by atoms with Crippen molar-refractivity contribution in [3.05, 3.63) is 71.0 Å². The maximum Gasteiger partial charge on any atom is 0.256 e. The molecule has 0 bridgehead atoms. The molecule has 1 heterocycles. The van der Waals surface area contributed by atoms with Crippen molar-refractivity contribution in [3.63, 3.8) is 0 Å². The number of nitrogens with one attached hydrogen (secondary N) is 1. The summed E-state index contributed by atoms with van der Waals surface area (Å²) in [6.45, 7) is 3.64. The molecule has 154 valence electrons. The third kappa shape index (κ3) is 3.81. The lowest BCUT2D eigenvalue weighted by atomic mass is 10.0. The number of rotatable bonds is 6. The molecule has 0 unspecified atom stereocenters. The van der Waals surface area contributed by atoms with Crippen molar-refractivity contribution >= 4 is 23.2 Å². The third-order valence-electron chi connectivity index (χ3n) is 5.31. The summed E-state index contributed by atoms with van der Waals surface area (Å²) in [5.74, 6) is 0.119. The van der Waals surface area contributed by atoms with Gasteiger partial charge in [0.05, 0.1) is 12.3 Å². The van der Waals surface area contributed by atoms with Crippen LogP contribution in [0.4, 0.5) is 10.1 Å². The van der Waals surface area contributed by atoms with E-state index >= 15 is 0 Å². The lowest BCUT2D eigenvalue weighted by molar-refractivity contribution is -0.110. The molecule has 1 N–H and O–H groups in total. The van der Waals surface area contributed by atoms with Crippen LogP contribution in [-0.2, 0) is 4.79 Å². The van der Waals surface area contributed by atoms with Crippen molar-refractivity contribution in [2.75, 3.05) is 32.6 Å².